The second-order valence-corrected chi connectivity index (χ2v) is 6.32. The molecule has 28 heavy (non-hydrogen) atoms. The first-order valence-corrected chi connectivity index (χ1v) is 9.07. The molecule has 1 aromatic carbocycles. The second kappa shape index (κ2) is 8.64. The van der Waals surface area contributed by atoms with E-state index in [0.717, 1.165) is 12.5 Å². The van der Waals surface area contributed by atoms with Gasteiger partial charge in [-0.15, -0.1) is 0 Å². The Morgan fingerprint density at radius 3 is 2.64 bits per heavy atom. The summed E-state index contributed by atoms with van der Waals surface area (Å²) in [5.74, 6) is -0.537. The topological polar surface area (TPSA) is 88.8 Å². The molecule has 1 aromatic heterocycles. The molecule has 0 N–H and O–H groups in total. The Balaban J connectivity index is 1.73. The van der Waals surface area contributed by atoms with Crippen LogP contribution in [0, 0.1) is 15.9 Å². The number of nitro groups is 1. The molecule has 0 amide bonds. The molecule has 0 radical (unpaired) electrons. The van der Waals surface area contributed by atoms with Gasteiger partial charge in [-0.2, -0.15) is 4.39 Å². The number of nitro benzene ring substituents is 1. The normalized spacial score (nSPS) is 14.5. The van der Waals surface area contributed by atoms with Gasteiger partial charge in [-0.25, -0.2) is 9.78 Å². The van der Waals surface area contributed by atoms with Gasteiger partial charge in [-0.3, -0.25) is 10.1 Å². The minimum atomic E-state index is -0.833. The maximum absolute atomic E-state index is 13.9. The first-order chi connectivity index (χ1) is 13.5. The SMILES string of the molecule is CCOC(=O)c1ccc(N2CCCN(c3cccc(F)c3[N+](=O)[O-])CC2)nc1. The van der Waals surface area contributed by atoms with Crippen LogP contribution >= 0.6 is 0 Å². The van der Waals surface area contributed by atoms with Crippen LogP contribution in [-0.4, -0.2) is 48.7 Å². The number of carbonyl (C=O) groups excluding carboxylic acids is 1. The Labute approximate surface area is 161 Å². The Morgan fingerprint density at radius 2 is 1.96 bits per heavy atom. The molecule has 2 heterocycles. The quantitative estimate of drug-likeness (QED) is 0.442. The standard InChI is InChI=1S/C19H21FN4O4/c1-2-28-19(25)14-7-8-17(21-13-14)23-10-4-9-22(11-12-23)16-6-3-5-15(20)18(16)24(26)27/h3,5-8,13H,2,4,9-12H2,1H3. The van der Waals surface area contributed by atoms with Crippen molar-refractivity contribution >= 4 is 23.2 Å². The molecule has 1 aliphatic rings. The van der Waals surface area contributed by atoms with E-state index in [9.17, 15) is 19.3 Å². The van der Waals surface area contributed by atoms with Crippen LogP contribution < -0.4 is 9.80 Å². The van der Waals surface area contributed by atoms with Gasteiger partial charge in [0.1, 0.15) is 11.5 Å². The van der Waals surface area contributed by atoms with Crippen LogP contribution in [0.2, 0.25) is 0 Å². The van der Waals surface area contributed by atoms with Gasteiger partial charge >= 0.3 is 11.7 Å². The molecular weight excluding hydrogens is 367 g/mol. The molecule has 0 spiro atoms. The summed E-state index contributed by atoms with van der Waals surface area (Å²) >= 11 is 0. The van der Waals surface area contributed by atoms with E-state index < -0.39 is 22.4 Å². The molecule has 0 saturated carbocycles. The summed E-state index contributed by atoms with van der Waals surface area (Å²) in [6.45, 7) is 4.37. The third-order valence-corrected chi connectivity index (χ3v) is 4.57. The summed E-state index contributed by atoms with van der Waals surface area (Å²) in [5.41, 5.74) is 0.183. The van der Waals surface area contributed by atoms with Gasteiger partial charge < -0.3 is 14.5 Å². The van der Waals surface area contributed by atoms with E-state index >= 15 is 0 Å². The van der Waals surface area contributed by atoms with Crippen LogP contribution in [0.4, 0.5) is 21.6 Å². The van der Waals surface area contributed by atoms with Gasteiger partial charge in [0.15, 0.2) is 0 Å². The fourth-order valence-corrected chi connectivity index (χ4v) is 3.24. The van der Waals surface area contributed by atoms with Gasteiger partial charge in [0, 0.05) is 32.4 Å². The summed E-state index contributed by atoms with van der Waals surface area (Å²) in [4.78, 5) is 30.5. The smallest absolute Gasteiger partial charge is 0.339 e. The number of nitrogens with zero attached hydrogens (tertiary/aromatic N) is 4. The highest BCUT2D eigenvalue weighted by Crippen LogP contribution is 2.31. The molecule has 1 fully saturated rings. The average molecular weight is 388 g/mol. The lowest BCUT2D eigenvalue weighted by atomic mass is 10.2. The number of hydrogen-bond acceptors (Lipinski definition) is 7. The van der Waals surface area contributed by atoms with Crippen molar-refractivity contribution in [3.8, 4) is 0 Å². The molecule has 8 nitrogen and oxygen atoms in total. The average Bonchev–Trinajstić information content (AvgIpc) is 2.94. The van der Waals surface area contributed by atoms with E-state index in [2.05, 4.69) is 4.98 Å². The molecule has 3 rings (SSSR count). The third-order valence-electron chi connectivity index (χ3n) is 4.57. The number of carbonyl (C=O) groups is 1. The van der Waals surface area contributed by atoms with Crippen molar-refractivity contribution in [2.24, 2.45) is 0 Å². The maximum atomic E-state index is 13.9. The fourth-order valence-electron chi connectivity index (χ4n) is 3.24. The molecule has 1 saturated heterocycles. The lowest BCUT2D eigenvalue weighted by Gasteiger charge is -2.24. The van der Waals surface area contributed by atoms with Gasteiger partial charge in [-0.05, 0) is 37.6 Å². The number of esters is 1. The number of benzene rings is 1. The fraction of sp³-hybridized carbons (Fsp3) is 0.368. The molecule has 0 aliphatic carbocycles. The number of para-hydroxylation sites is 1. The van der Waals surface area contributed by atoms with Crippen molar-refractivity contribution in [2.45, 2.75) is 13.3 Å². The predicted octanol–water partition coefficient (Wildman–Crippen LogP) is 3.02. The predicted molar refractivity (Wildman–Crippen MR) is 102 cm³/mol. The monoisotopic (exact) mass is 388 g/mol. The van der Waals surface area contributed by atoms with Gasteiger partial charge in [0.05, 0.1) is 17.1 Å². The molecule has 9 heteroatoms. The van der Waals surface area contributed by atoms with Crippen molar-refractivity contribution < 1.29 is 18.8 Å². The Hall–Kier alpha value is -3.23. The minimum Gasteiger partial charge on any atom is -0.462 e. The van der Waals surface area contributed by atoms with E-state index in [1.165, 1.54) is 12.3 Å². The van der Waals surface area contributed by atoms with Crippen molar-refractivity contribution in [3.63, 3.8) is 0 Å². The number of ether oxygens (including phenoxy) is 1. The number of hydrogen-bond donors (Lipinski definition) is 0. The van der Waals surface area contributed by atoms with Gasteiger partial charge in [-0.1, -0.05) is 6.07 Å². The zero-order valence-electron chi connectivity index (χ0n) is 15.5. The Bertz CT molecular complexity index is 860. The lowest BCUT2D eigenvalue weighted by Crippen LogP contribution is -2.31. The minimum absolute atomic E-state index is 0.289. The molecular formula is C19H21FN4O4. The zero-order chi connectivity index (χ0) is 20.1. The molecule has 0 bridgehead atoms. The largest absolute Gasteiger partial charge is 0.462 e. The summed E-state index contributed by atoms with van der Waals surface area (Å²) in [6, 6.07) is 7.58. The van der Waals surface area contributed by atoms with Gasteiger partial charge in [0.25, 0.3) is 0 Å². The summed E-state index contributed by atoms with van der Waals surface area (Å²) in [6.07, 6.45) is 2.21. The number of anilines is 2. The van der Waals surface area contributed by atoms with Gasteiger partial charge in [0.2, 0.25) is 5.82 Å². The van der Waals surface area contributed by atoms with E-state index in [1.807, 2.05) is 9.80 Å². The zero-order valence-corrected chi connectivity index (χ0v) is 15.5. The summed E-state index contributed by atoms with van der Waals surface area (Å²) in [7, 11) is 0. The third kappa shape index (κ3) is 4.19. The molecule has 1 aliphatic heterocycles. The molecule has 0 unspecified atom stereocenters. The summed E-state index contributed by atoms with van der Waals surface area (Å²) < 4.78 is 18.9. The van der Waals surface area contributed by atoms with E-state index in [-0.39, 0.29) is 5.69 Å². The highest BCUT2D eigenvalue weighted by molar-refractivity contribution is 5.89. The molecule has 2 aromatic rings. The first kappa shape index (κ1) is 19.5. The van der Waals surface area contributed by atoms with Crippen LogP contribution in [0.3, 0.4) is 0 Å². The number of aromatic nitrogens is 1. The van der Waals surface area contributed by atoms with E-state index in [4.69, 9.17) is 4.74 Å². The van der Waals surface area contributed by atoms with Crippen LogP contribution in [-0.2, 0) is 4.74 Å². The van der Waals surface area contributed by atoms with Crippen molar-refractivity contribution in [2.75, 3.05) is 42.6 Å². The van der Waals surface area contributed by atoms with Crippen LogP contribution in [0.15, 0.2) is 36.5 Å². The van der Waals surface area contributed by atoms with E-state index in [1.54, 1.807) is 25.1 Å². The number of rotatable bonds is 5. The second-order valence-electron chi connectivity index (χ2n) is 6.32. The first-order valence-electron chi connectivity index (χ1n) is 9.07. The lowest BCUT2D eigenvalue weighted by molar-refractivity contribution is -0.386. The Morgan fingerprint density at radius 1 is 1.21 bits per heavy atom. The molecule has 0 atom stereocenters. The molecule has 148 valence electrons. The van der Waals surface area contributed by atoms with Crippen molar-refractivity contribution in [3.05, 3.63) is 58.0 Å². The van der Waals surface area contributed by atoms with Crippen LogP contribution in [0.1, 0.15) is 23.7 Å². The highest BCUT2D eigenvalue weighted by Gasteiger charge is 2.26. The van der Waals surface area contributed by atoms with Crippen LogP contribution in [0.5, 0.6) is 0 Å². The highest BCUT2D eigenvalue weighted by atomic mass is 19.1. The van der Waals surface area contributed by atoms with Crippen molar-refractivity contribution in [1.82, 2.24) is 4.98 Å². The van der Waals surface area contributed by atoms with Crippen molar-refractivity contribution in [1.29, 1.82) is 0 Å². The van der Waals surface area contributed by atoms with E-state index in [0.29, 0.717) is 44.2 Å². The number of pyridine rings is 1. The van der Waals surface area contributed by atoms with Crippen LogP contribution in [0.25, 0.3) is 0 Å². The maximum Gasteiger partial charge on any atom is 0.339 e. The number of halogens is 1. The summed E-state index contributed by atoms with van der Waals surface area (Å²) in [5, 5.41) is 11.3. The Kier molecular flexibility index (Phi) is 6.03.